The Bertz CT molecular complexity index is 635. The lowest BCUT2D eigenvalue weighted by Gasteiger charge is -2.14. The summed E-state index contributed by atoms with van der Waals surface area (Å²) in [5, 5.41) is 6.13. The molecule has 0 amide bonds. The molecule has 2 N–H and O–H groups in total. The minimum absolute atomic E-state index is 0.0425. The molecule has 21 heavy (non-hydrogen) atoms. The Morgan fingerprint density at radius 1 is 1.10 bits per heavy atom. The molecule has 0 aliphatic heterocycles. The van der Waals surface area contributed by atoms with E-state index >= 15 is 0 Å². The number of thiocarbonyl (C=S) groups is 1. The molecule has 0 spiro atoms. The SMILES string of the molecule is Cc1cccc(NC(=S)Nc2ccccc2OC(F)F)c1. The first-order valence-electron chi connectivity index (χ1n) is 6.23. The summed E-state index contributed by atoms with van der Waals surface area (Å²) in [6.07, 6.45) is 0. The highest BCUT2D eigenvalue weighted by atomic mass is 32.1. The zero-order chi connectivity index (χ0) is 15.2. The van der Waals surface area contributed by atoms with Gasteiger partial charge in [-0.3, -0.25) is 0 Å². The van der Waals surface area contributed by atoms with Crippen molar-refractivity contribution in [3.8, 4) is 5.75 Å². The molecule has 0 fully saturated rings. The molecule has 0 saturated carbocycles. The smallest absolute Gasteiger partial charge is 0.387 e. The summed E-state index contributed by atoms with van der Waals surface area (Å²) in [7, 11) is 0. The maximum atomic E-state index is 12.3. The van der Waals surface area contributed by atoms with Crippen LogP contribution in [0.1, 0.15) is 5.56 Å². The van der Waals surface area contributed by atoms with Gasteiger partial charge in [0.2, 0.25) is 0 Å². The first-order chi connectivity index (χ1) is 10.0. The number of aryl methyl sites for hydroxylation is 1. The fourth-order valence-corrected chi connectivity index (χ4v) is 2.00. The summed E-state index contributed by atoms with van der Waals surface area (Å²) >= 11 is 5.17. The Balaban J connectivity index is 2.06. The van der Waals surface area contributed by atoms with Crippen LogP contribution in [-0.4, -0.2) is 11.7 Å². The number of para-hydroxylation sites is 2. The maximum absolute atomic E-state index is 12.3. The van der Waals surface area contributed by atoms with E-state index in [1.165, 1.54) is 6.07 Å². The topological polar surface area (TPSA) is 33.3 Å². The number of nitrogens with one attached hydrogen (secondary N) is 2. The van der Waals surface area contributed by atoms with Crippen LogP contribution in [0.25, 0.3) is 0 Å². The molecule has 0 radical (unpaired) electrons. The number of hydrogen-bond donors (Lipinski definition) is 2. The fraction of sp³-hybridized carbons (Fsp3) is 0.133. The van der Waals surface area contributed by atoms with E-state index in [-0.39, 0.29) is 5.75 Å². The molecule has 2 aromatic carbocycles. The van der Waals surface area contributed by atoms with E-state index in [1.807, 2.05) is 31.2 Å². The van der Waals surface area contributed by atoms with Crippen molar-refractivity contribution < 1.29 is 13.5 Å². The van der Waals surface area contributed by atoms with E-state index in [0.717, 1.165) is 11.3 Å². The number of benzene rings is 2. The van der Waals surface area contributed by atoms with Gasteiger partial charge in [0.1, 0.15) is 5.75 Å². The summed E-state index contributed by atoms with van der Waals surface area (Å²) in [5.74, 6) is 0.0425. The predicted molar refractivity (Wildman–Crippen MR) is 84.1 cm³/mol. The third-order valence-corrected chi connectivity index (χ3v) is 2.83. The number of halogens is 2. The molecule has 0 saturated heterocycles. The van der Waals surface area contributed by atoms with Crippen LogP contribution in [0.5, 0.6) is 5.75 Å². The number of rotatable bonds is 4. The molecule has 0 bridgehead atoms. The van der Waals surface area contributed by atoms with Gasteiger partial charge in [0.25, 0.3) is 0 Å². The van der Waals surface area contributed by atoms with E-state index in [2.05, 4.69) is 15.4 Å². The Morgan fingerprint density at radius 2 is 1.86 bits per heavy atom. The number of alkyl halides is 2. The van der Waals surface area contributed by atoms with E-state index in [1.54, 1.807) is 18.2 Å². The van der Waals surface area contributed by atoms with Crippen molar-refractivity contribution in [1.82, 2.24) is 0 Å². The van der Waals surface area contributed by atoms with Crippen molar-refractivity contribution in [1.29, 1.82) is 0 Å². The van der Waals surface area contributed by atoms with Crippen molar-refractivity contribution in [2.45, 2.75) is 13.5 Å². The van der Waals surface area contributed by atoms with E-state index in [9.17, 15) is 8.78 Å². The fourth-order valence-electron chi connectivity index (χ4n) is 1.78. The van der Waals surface area contributed by atoms with Gasteiger partial charge in [0.05, 0.1) is 5.69 Å². The van der Waals surface area contributed by atoms with E-state index in [0.29, 0.717) is 10.8 Å². The van der Waals surface area contributed by atoms with Crippen LogP contribution in [0.4, 0.5) is 20.2 Å². The predicted octanol–water partition coefficient (Wildman–Crippen LogP) is 4.41. The van der Waals surface area contributed by atoms with Gasteiger partial charge < -0.3 is 15.4 Å². The standard InChI is InChI=1S/C15H14F2N2OS/c1-10-5-4-6-11(9-10)18-15(21)19-12-7-2-3-8-13(12)20-14(16)17/h2-9,14H,1H3,(H2,18,19,21). The monoisotopic (exact) mass is 308 g/mol. The van der Waals surface area contributed by atoms with Gasteiger partial charge in [-0.25, -0.2) is 0 Å². The normalized spacial score (nSPS) is 10.3. The molecule has 3 nitrogen and oxygen atoms in total. The summed E-state index contributed by atoms with van der Waals surface area (Å²) in [6, 6.07) is 14.0. The molecule has 6 heteroatoms. The number of anilines is 2. The molecule has 0 atom stereocenters. The Morgan fingerprint density at radius 3 is 2.57 bits per heavy atom. The molecule has 0 aliphatic carbocycles. The van der Waals surface area contributed by atoms with Crippen LogP contribution in [0.2, 0.25) is 0 Å². The lowest BCUT2D eigenvalue weighted by molar-refractivity contribution is -0.0493. The minimum atomic E-state index is -2.88. The van der Waals surface area contributed by atoms with Gasteiger partial charge in [0, 0.05) is 5.69 Å². The lowest BCUT2D eigenvalue weighted by atomic mass is 10.2. The summed E-state index contributed by atoms with van der Waals surface area (Å²) in [4.78, 5) is 0. The van der Waals surface area contributed by atoms with Gasteiger partial charge >= 0.3 is 6.61 Å². The van der Waals surface area contributed by atoms with Crippen LogP contribution >= 0.6 is 12.2 Å². The Hall–Kier alpha value is -2.21. The molecule has 0 heterocycles. The van der Waals surface area contributed by atoms with Crippen LogP contribution in [0.15, 0.2) is 48.5 Å². The third kappa shape index (κ3) is 4.68. The molecular weight excluding hydrogens is 294 g/mol. The molecule has 2 rings (SSSR count). The van der Waals surface area contributed by atoms with Crippen LogP contribution in [0, 0.1) is 6.92 Å². The third-order valence-electron chi connectivity index (χ3n) is 2.63. The van der Waals surface area contributed by atoms with Gasteiger partial charge in [-0.2, -0.15) is 8.78 Å². The number of hydrogen-bond acceptors (Lipinski definition) is 2. The second kappa shape index (κ2) is 6.99. The Kier molecular flexibility index (Phi) is 5.05. The van der Waals surface area contributed by atoms with Crippen LogP contribution < -0.4 is 15.4 Å². The van der Waals surface area contributed by atoms with Crippen molar-refractivity contribution in [3.63, 3.8) is 0 Å². The zero-order valence-corrected chi connectivity index (χ0v) is 12.1. The first kappa shape index (κ1) is 15.2. The average molecular weight is 308 g/mol. The van der Waals surface area contributed by atoms with E-state index in [4.69, 9.17) is 12.2 Å². The van der Waals surface area contributed by atoms with Crippen molar-refractivity contribution in [2.75, 3.05) is 10.6 Å². The molecular formula is C15H14F2N2OS. The maximum Gasteiger partial charge on any atom is 0.387 e. The van der Waals surface area contributed by atoms with Gasteiger partial charge in [-0.15, -0.1) is 0 Å². The van der Waals surface area contributed by atoms with E-state index < -0.39 is 6.61 Å². The van der Waals surface area contributed by atoms with Gasteiger partial charge in [-0.05, 0) is 49.0 Å². The highest BCUT2D eigenvalue weighted by molar-refractivity contribution is 7.80. The molecule has 2 aromatic rings. The number of ether oxygens (including phenoxy) is 1. The van der Waals surface area contributed by atoms with Crippen molar-refractivity contribution in [3.05, 3.63) is 54.1 Å². The second-order valence-electron chi connectivity index (χ2n) is 4.32. The highest BCUT2D eigenvalue weighted by Gasteiger charge is 2.10. The minimum Gasteiger partial charge on any atom is -0.433 e. The summed E-state index contributed by atoms with van der Waals surface area (Å²) < 4.78 is 29.1. The van der Waals surface area contributed by atoms with Gasteiger partial charge in [0.15, 0.2) is 5.11 Å². The molecule has 110 valence electrons. The zero-order valence-electron chi connectivity index (χ0n) is 11.3. The van der Waals surface area contributed by atoms with Crippen molar-refractivity contribution >= 4 is 28.7 Å². The van der Waals surface area contributed by atoms with Crippen LogP contribution in [0.3, 0.4) is 0 Å². The van der Waals surface area contributed by atoms with Gasteiger partial charge in [-0.1, -0.05) is 24.3 Å². The first-order valence-corrected chi connectivity index (χ1v) is 6.64. The molecule has 0 aliphatic rings. The Labute approximate surface area is 126 Å². The highest BCUT2D eigenvalue weighted by Crippen LogP contribution is 2.25. The van der Waals surface area contributed by atoms with Crippen molar-refractivity contribution in [2.24, 2.45) is 0 Å². The second-order valence-corrected chi connectivity index (χ2v) is 4.73. The quantitative estimate of drug-likeness (QED) is 0.820. The van der Waals surface area contributed by atoms with Crippen LogP contribution in [-0.2, 0) is 0 Å². The molecule has 0 unspecified atom stereocenters. The molecule has 0 aromatic heterocycles. The average Bonchev–Trinajstić information content (AvgIpc) is 2.40. The summed E-state index contributed by atoms with van der Waals surface area (Å²) in [6.45, 7) is -0.917. The summed E-state index contributed by atoms with van der Waals surface area (Å²) in [5.41, 5.74) is 2.28. The lowest BCUT2D eigenvalue weighted by Crippen LogP contribution is -2.20. The largest absolute Gasteiger partial charge is 0.433 e.